The first-order chi connectivity index (χ1) is 7.53. The predicted molar refractivity (Wildman–Crippen MR) is 58.1 cm³/mol. The fourth-order valence-corrected chi connectivity index (χ4v) is 3.49. The molecule has 0 bridgehead atoms. The monoisotopic (exact) mass is 223 g/mol. The summed E-state index contributed by atoms with van der Waals surface area (Å²) in [6.07, 6.45) is 2.67. The summed E-state index contributed by atoms with van der Waals surface area (Å²) >= 11 is 0. The Morgan fingerprint density at radius 1 is 1.19 bits per heavy atom. The summed E-state index contributed by atoms with van der Waals surface area (Å²) in [7, 11) is 0. The van der Waals surface area contributed by atoms with Crippen LogP contribution in [0, 0.1) is 11.2 Å². The molecule has 1 nitrogen and oxygen atoms in total. The molecule has 0 atom stereocenters. The third-order valence-corrected chi connectivity index (χ3v) is 4.06. The topological polar surface area (TPSA) is 26.0 Å². The van der Waals surface area contributed by atoms with Gasteiger partial charge in [0, 0.05) is 11.6 Å². The van der Waals surface area contributed by atoms with Crippen LogP contribution in [0.1, 0.15) is 31.2 Å². The molecule has 2 aliphatic rings. The molecule has 0 unspecified atom stereocenters. The zero-order valence-corrected chi connectivity index (χ0v) is 9.05. The molecule has 0 saturated heterocycles. The molecule has 16 heavy (non-hydrogen) atoms. The highest BCUT2D eigenvalue weighted by atomic mass is 19.1. The van der Waals surface area contributed by atoms with Gasteiger partial charge < -0.3 is 5.73 Å². The minimum atomic E-state index is -1.45. The van der Waals surface area contributed by atoms with E-state index in [-0.39, 0.29) is 17.0 Å². The standard InChI is InChI=1S/C13H15F2N/c14-11-4-2-1-3-10(11)13(15)7-12(8-13)5-9(16)6-12/h1-4,9H,5-8,16H2. The van der Waals surface area contributed by atoms with Gasteiger partial charge in [-0.1, -0.05) is 18.2 Å². The van der Waals surface area contributed by atoms with Crippen molar-refractivity contribution in [3.05, 3.63) is 35.6 Å². The van der Waals surface area contributed by atoms with Crippen molar-refractivity contribution in [2.45, 2.75) is 37.4 Å². The number of halogens is 2. The SMILES string of the molecule is NC1CC2(C1)CC(F)(c1ccccc1F)C2. The summed E-state index contributed by atoms with van der Waals surface area (Å²) in [5.74, 6) is -0.427. The van der Waals surface area contributed by atoms with Crippen molar-refractivity contribution in [3.63, 3.8) is 0 Å². The first-order valence-electron chi connectivity index (χ1n) is 5.73. The number of benzene rings is 1. The van der Waals surface area contributed by atoms with E-state index in [9.17, 15) is 8.78 Å². The maximum atomic E-state index is 14.5. The van der Waals surface area contributed by atoms with Crippen molar-refractivity contribution in [1.29, 1.82) is 0 Å². The summed E-state index contributed by atoms with van der Waals surface area (Å²) in [4.78, 5) is 0. The predicted octanol–water partition coefficient (Wildman–Crippen LogP) is 2.89. The number of hydrogen-bond acceptors (Lipinski definition) is 1. The molecular formula is C13H15F2N. The van der Waals surface area contributed by atoms with Crippen LogP contribution in [0.5, 0.6) is 0 Å². The lowest BCUT2D eigenvalue weighted by Gasteiger charge is -2.59. The van der Waals surface area contributed by atoms with Crippen LogP contribution in [0.2, 0.25) is 0 Å². The van der Waals surface area contributed by atoms with Crippen molar-refractivity contribution in [3.8, 4) is 0 Å². The molecule has 86 valence electrons. The smallest absolute Gasteiger partial charge is 0.139 e. The van der Waals surface area contributed by atoms with Gasteiger partial charge in [0.25, 0.3) is 0 Å². The van der Waals surface area contributed by atoms with Gasteiger partial charge in [0.1, 0.15) is 11.5 Å². The van der Waals surface area contributed by atoms with Crippen molar-refractivity contribution in [2.75, 3.05) is 0 Å². The van der Waals surface area contributed by atoms with E-state index in [1.165, 1.54) is 6.07 Å². The van der Waals surface area contributed by atoms with Gasteiger partial charge in [-0.25, -0.2) is 8.78 Å². The number of hydrogen-bond donors (Lipinski definition) is 1. The lowest BCUT2D eigenvalue weighted by Crippen LogP contribution is -2.58. The van der Waals surface area contributed by atoms with Crippen molar-refractivity contribution in [1.82, 2.24) is 0 Å². The van der Waals surface area contributed by atoms with Crippen molar-refractivity contribution >= 4 is 0 Å². The maximum absolute atomic E-state index is 14.5. The van der Waals surface area contributed by atoms with E-state index < -0.39 is 11.5 Å². The minimum Gasteiger partial charge on any atom is -0.328 e. The normalized spacial score (nSPS) is 41.6. The highest BCUT2D eigenvalue weighted by molar-refractivity contribution is 5.30. The molecule has 1 aromatic carbocycles. The largest absolute Gasteiger partial charge is 0.328 e. The van der Waals surface area contributed by atoms with Gasteiger partial charge in [-0.3, -0.25) is 0 Å². The van der Waals surface area contributed by atoms with E-state index in [0.29, 0.717) is 12.8 Å². The Morgan fingerprint density at radius 3 is 2.38 bits per heavy atom. The minimum absolute atomic E-state index is 0.0798. The van der Waals surface area contributed by atoms with Gasteiger partial charge in [-0.15, -0.1) is 0 Å². The first-order valence-corrected chi connectivity index (χ1v) is 5.73. The Morgan fingerprint density at radius 2 is 1.81 bits per heavy atom. The highest BCUT2D eigenvalue weighted by Gasteiger charge is 2.61. The Balaban J connectivity index is 1.80. The number of rotatable bonds is 1. The second-order valence-corrected chi connectivity index (χ2v) is 5.47. The second kappa shape index (κ2) is 3.04. The van der Waals surface area contributed by atoms with Crippen LogP contribution in [0.15, 0.2) is 24.3 Å². The molecule has 3 rings (SSSR count). The summed E-state index contributed by atoms with van der Waals surface area (Å²) < 4.78 is 28.0. The van der Waals surface area contributed by atoms with E-state index in [0.717, 1.165) is 12.8 Å². The maximum Gasteiger partial charge on any atom is 0.139 e. The van der Waals surface area contributed by atoms with Crippen LogP contribution in [0.3, 0.4) is 0 Å². The van der Waals surface area contributed by atoms with Crippen molar-refractivity contribution in [2.24, 2.45) is 11.1 Å². The van der Waals surface area contributed by atoms with E-state index >= 15 is 0 Å². The fraction of sp³-hybridized carbons (Fsp3) is 0.538. The summed E-state index contributed by atoms with van der Waals surface area (Å²) in [5.41, 5.74) is 4.57. The second-order valence-electron chi connectivity index (χ2n) is 5.47. The van der Waals surface area contributed by atoms with Crippen LogP contribution in [-0.2, 0) is 5.67 Å². The van der Waals surface area contributed by atoms with Gasteiger partial charge >= 0.3 is 0 Å². The van der Waals surface area contributed by atoms with Crippen LogP contribution >= 0.6 is 0 Å². The Bertz CT molecular complexity index is 416. The van der Waals surface area contributed by atoms with E-state index in [1.807, 2.05) is 0 Å². The molecule has 2 N–H and O–H groups in total. The third kappa shape index (κ3) is 1.31. The van der Waals surface area contributed by atoms with Crippen LogP contribution in [0.25, 0.3) is 0 Å². The van der Waals surface area contributed by atoms with Crippen molar-refractivity contribution < 1.29 is 8.78 Å². The van der Waals surface area contributed by atoms with E-state index in [2.05, 4.69) is 0 Å². The fourth-order valence-electron chi connectivity index (χ4n) is 3.49. The molecule has 0 heterocycles. The van der Waals surface area contributed by atoms with E-state index in [1.54, 1.807) is 18.2 Å². The lowest BCUT2D eigenvalue weighted by molar-refractivity contribution is -0.128. The molecule has 2 saturated carbocycles. The highest BCUT2D eigenvalue weighted by Crippen LogP contribution is 2.65. The summed E-state index contributed by atoms with van der Waals surface area (Å²) in [5, 5.41) is 0. The lowest BCUT2D eigenvalue weighted by atomic mass is 9.48. The van der Waals surface area contributed by atoms with Gasteiger partial charge in [0.05, 0.1) is 0 Å². The first kappa shape index (κ1) is 10.2. The molecule has 2 fully saturated rings. The van der Waals surface area contributed by atoms with Gasteiger partial charge in [-0.05, 0) is 37.2 Å². The molecule has 1 spiro atoms. The average molecular weight is 223 g/mol. The molecule has 0 amide bonds. The number of nitrogens with two attached hydrogens (primary N) is 1. The molecule has 0 radical (unpaired) electrons. The summed E-state index contributed by atoms with van der Waals surface area (Å²) in [6.45, 7) is 0. The van der Waals surface area contributed by atoms with Crippen LogP contribution in [0.4, 0.5) is 8.78 Å². The molecule has 3 heteroatoms. The third-order valence-electron chi connectivity index (χ3n) is 4.06. The van der Waals surface area contributed by atoms with Gasteiger partial charge in [0.15, 0.2) is 0 Å². The molecule has 1 aromatic rings. The van der Waals surface area contributed by atoms with Crippen LogP contribution in [-0.4, -0.2) is 6.04 Å². The Hall–Kier alpha value is -0.960. The molecule has 0 aromatic heterocycles. The molecule has 2 aliphatic carbocycles. The molecular weight excluding hydrogens is 208 g/mol. The van der Waals surface area contributed by atoms with E-state index in [4.69, 9.17) is 5.73 Å². The zero-order valence-electron chi connectivity index (χ0n) is 9.05. The Labute approximate surface area is 93.6 Å². The molecule has 0 aliphatic heterocycles. The quantitative estimate of drug-likeness (QED) is 0.778. The number of alkyl halides is 1. The van der Waals surface area contributed by atoms with Crippen LogP contribution < -0.4 is 5.73 Å². The average Bonchev–Trinajstić information content (AvgIpc) is 2.13. The van der Waals surface area contributed by atoms with Gasteiger partial charge in [-0.2, -0.15) is 0 Å². The Kier molecular flexibility index (Phi) is 1.94. The zero-order chi connectivity index (χ0) is 11.4. The van der Waals surface area contributed by atoms with Gasteiger partial charge in [0.2, 0.25) is 0 Å². The summed E-state index contributed by atoms with van der Waals surface area (Å²) in [6, 6.07) is 6.40.